The van der Waals surface area contributed by atoms with Crippen molar-refractivity contribution >= 4 is 11.6 Å². The fraction of sp³-hybridized carbons (Fsp3) is 0.364. The smallest absolute Gasteiger partial charge is 0.257 e. The van der Waals surface area contributed by atoms with Crippen LogP contribution in [-0.2, 0) is 0 Å². The molecule has 0 saturated heterocycles. The van der Waals surface area contributed by atoms with Crippen LogP contribution in [0.1, 0.15) is 23.7 Å². The molecule has 94 valence electrons. The van der Waals surface area contributed by atoms with Crippen molar-refractivity contribution in [1.82, 2.24) is 5.32 Å². The molecule has 0 saturated carbocycles. The Morgan fingerprint density at radius 2 is 2.18 bits per heavy atom. The van der Waals surface area contributed by atoms with Gasteiger partial charge in [0.05, 0.1) is 18.3 Å². The molecule has 1 atom stereocenters. The number of halogens is 2. The topological polar surface area (TPSA) is 75.3 Å². The zero-order chi connectivity index (χ0) is 13.0. The summed E-state index contributed by atoms with van der Waals surface area (Å²) in [5.74, 6) is -2.99. The Morgan fingerprint density at radius 3 is 2.71 bits per heavy atom. The lowest BCUT2D eigenvalue weighted by Gasteiger charge is -2.15. The lowest BCUT2D eigenvalue weighted by Crippen LogP contribution is -2.37. The number of carbonyl (C=O) groups excluding carboxylic acids is 1. The highest BCUT2D eigenvalue weighted by molar-refractivity contribution is 5.95. The van der Waals surface area contributed by atoms with Crippen molar-refractivity contribution < 1.29 is 18.7 Å². The average Bonchev–Trinajstić information content (AvgIpc) is 2.31. The van der Waals surface area contributed by atoms with Crippen LogP contribution in [0.4, 0.5) is 14.5 Å². The SMILES string of the molecule is CC[C@H](CO)NC(=O)c1c(F)ccc(N)c1F. The molecule has 0 heterocycles. The van der Waals surface area contributed by atoms with Gasteiger partial charge in [0.15, 0.2) is 5.82 Å². The molecule has 6 heteroatoms. The standard InChI is InChI=1S/C11H14F2N2O2/c1-2-6(5-16)15-11(17)9-7(12)3-4-8(14)10(9)13/h3-4,6,16H,2,5,14H2,1H3,(H,15,17)/t6-/m1/s1. The van der Waals surface area contributed by atoms with Crippen LogP contribution < -0.4 is 11.1 Å². The minimum atomic E-state index is -1.09. The van der Waals surface area contributed by atoms with Gasteiger partial charge < -0.3 is 16.2 Å². The number of hydrogen-bond acceptors (Lipinski definition) is 3. The van der Waals surface area contributed by atoms with Gasteiger partial charge in [-0.15, -0.1) is 0 Å². The predicted octanol–water partition coefficient (Wildman–Crippen LogP) is 1.05. The molecule has 0 aliphatic carbocycles. The number of aliphatic hydroxyl groups is 1. The summed E-state index contributed by atoms with van der Waals surface area (Å²) in [6, 6.07) is 1.43. The van der Waals surface area contributed by atoms with Crippen LogP contribution in [0.15, 0.2) is 12.1 Å². The summed E-state index contributed by atoms with van der Waals surface area (Å²) in [4.78, 5) is 11.6. The molecule has 1 aromatic rings. The van der Waals surface area contributed by atoms with Gasteiger partial charge in [-0.2, -0.15) is 0 Å². The van der Waals surface area contributed by atoms with Gasteiger partial charge in [0.2, 0.25) is 0 Å². The fourth-order valence-electron chi connectivity index (χ4n) is 1.31. The minimum Gasteiger partial charge on any atom is -0.396 e. The van der Waals surface area contributed by atoms with Crippen molar-refractivity contribution in [2.24, 2.45) is 0 Å². The third-order valence-corrected chi connectivity index (χ3v) is 2.40. The Labute approximate surface area is 97.4 Å². The van der Waals surface area contributed by atoms with Gasteiger partial charge in [-0.05, 0) is 18.6 Å². The van der Waals surface area contributed by atoms with E-state index in [0.717, 1.165) is 12.1 Å². The Balaban J connectivity index is 3.00. The molecule has 0 spiro atoms. The number of aliphatic hydroxyl groups excluding tert-OH is 1. The molecule has 0 fully saturated rings. The molecule has 1 amide bonds. The zero-order valence-corrected chi connectivity index (χ0v) is 9.34. The van der Waals surface area contributed by atoms with E-state index in [4.69, 9.17) is 10.8 Å². The third kappa shape index (κ3) is 2.91. The monoisotopic (exact) mass is 244 g/mol. The van der Waals surface area contributed by atoms with E-state index in [9.17, 15) is 13.6 Å². The highest BCUT2D eigenvalue weighted by Gasteiger charge is 2.21. The average molecular weight is 244 g/mol. The number of nitrogens with two attached hydrogens (primary N) is 1. The summed E-state index contributed by atoms with van der Waals surface area (Å²) < 4.78 is 26.8. The first-order valence-corrected chi connectivity index (χ1v) is 5.16. The number of rotatable bonds is 4. The Bertz CT molecular complexity index is 420. The van der Waals surface area contributed by atoms with Crippen LogP contribution in [-0.4, -0.2) is 23.7 Å². The largest absolute Gasteiger partial charge is 0.396 e. The Hall–Kier alpha value is -1.69. The van der Waals surface area contributed by atoms with Gasteiger partial charge in [0.25, 0.3) is 5.91 Å². The second kappa shape index (κ2) is 5.58. The highest BCUT2D eigenvalue weighted by Crippen LogP contribution is 2.18. The maximum Gasteiger partial charge on any atom is 0.257 e. The molecule has 4 N–H and O–H groups in total. The summed E-state index contributed by atoms with van der Waals surface area (Å²) >= 11 is 0. The highest BCUT2D eigenvalue weighted by atomic mass is 19.1. The second-order valence-electron chi connectivity index (χ2n) is 3.59. The molecule has 1 aromatic carbocycles. The van der Waals surface area contributed by atoms with E-state index in [0.29, 0.717) is 6.42 Å². The first kappa shape index (κ1) is 13.4. The lowest BCUT2D eigenvalue weighted by molar-refractivity contribution is 0.0906. The van der Waals surface area contributed by atoms with Crippen molar-refractivity contribution in [3.63, 3.8) is 0 Å². The molecule has 0 aliphatic heterocycles. The zero-order valence-electron chi connectivity index (χ0n) is 9.34. The van der Waals surface area contributed by atoms with E-state index in [1.165, 1.54) is 0 Å². The van der Waals surface area contributed by atoms with E-state index < -0.39 is 29.1 Å². The molecule has 0 aromatic heterocycles. The third-order valence-electron chi connectivity index (χ3n) is 2.40. The summed E-state index contributed by atoms with van der Waals surface area (Å²) in [7, 11) is 0. The van der Waals surface area contributed by atoms with Crippen LogP contribution in [0.5, 0.6) is 0 Å². The van der Waals surface area contributed by atoms with E-state index in [1.807, 2.05) is 0 Å². The summed E-state index contributed by atoms with van der Waals surface area (Å²) in [6.45, 7) is 1.43. The van der Waals surface area contributed by atoms with E-state index in [-0.39, 0.29) is 12.3 Å². The molecule has 0 radical (unpaired) electrons. The molecular weight excluding hydrogens is 230 g/mol. The van der Waals surface area contributed by atoms with Crippen LogP contribution in [0, 0.1) is 11.6 Å². The number of anilines is 1. The summed E-state index contributed by atoms with van der Waals surface area (Å²) in [6.07, 6.45) is 0.452. The lowest BCUT2D eigenvalue weighted by atomic mass is 10.1. The van der Waals surface area contributed by atoms with Gasteiger partial charge in [-0.1, -0.05) is 6.92 Å². The Morgan fingerprint density at radius 1 is 1.53 bits per heavy atom. The van der Waals surface area contributed by atoms with Gasteiger partial charge in [0.1, 0.15) is 11.4 Å². The predicted molar refractivity (Wildman–Crippen MR) is 59.4 cm³/mol. The summed E-state index contributed by atoms with van der Waals surface area (Å²) in [5.41, 5.74) is 4.23. The van der Waals surface area contributed by atoms with Crippen molar-refractivity contribution in [1.29, 1.82) is 0 Å². The normalized spacial score (nSPS) is 12.2. The molecule has 1 rings (SSSR count). The summed E-state index contributed by atoms with van der Waals surface area (Å²) in [5, 5.41) is 11.2. The number of hydrogen-bond donors (Lipinski definition) is 3. The van der Waals surface area contributed by atoms with E-state index in [2.05, 4.69) is 5.32 Å². The maximum absolute atomic E-state index is 13.5. The molecule has 4 nitrogen and oxygen atoms in total. The van der Waals surface area contributed by atoms with Crippen LogP contribution in [0.3, 0.4) is 0 Å². The first-order valence-electron chi connectivity index (χ1n) is 5.16. The number of benzene rings is 1. The molecule has 0 bridgehead atoms. The minimum absolute atomic E-state index is 0.298. The van der Waals surface area contributed by atoms with Crippen LogP contribution in [0.2, 0.25) is 0 Å². The van der Waals surface area contributed by atoms with Gasteiger partial charge in [-0.3, -0.25) is 4.79 Å². The quantitative estimate of drug-likeness (QED) is 0.693. The van der Waals surface area contributed by atoms with Gasteiger partial charge >= 0.3 is 0 Å². The van der Waals surface area contributed by atoms with Gasteiger partial charge in [-0.25, -0.2) is 8.78 Å². The number of carbonyl (C=O) groups is 1. The van der Waals surface area contributed by atoms with E-state index >= 15 is 0 Å². The van der Waals surface area contributed by atoms with Crippen molar-refractivity contribution in [2.75, 3.05) is 12.3 Å². The fourth-order valence-corrected chi connectivity index (χ4v) is 1.31. The molecule has 0 aliphatic rings. The van der Waals surface area contributed by atoms with Crippen LogP contribution in [0.25, 0.3) is 0 Å². The number of nitrogens with one attached hydrogen (secondary N) is 1. The molecule has 17 heavy (non-hydrogen) atoms. The second-order valence-corrected chi connectivity index (χ2v) is 3.59. The molecule has 0 unspecified atom stereocenters. The van der Waals surface area contributed by atoms with Crippen molar-refractivity contribution in [3.8, 4) is 0 Å². The Kier molecular flexibility index (Phi) is 4.39. The molecular formula is C11H14F2N2O2. The number of nitrogen functional groups attached to an aromatic ring is 1. The van der Waals surface area contributed by atoms with E-state index in [1.54, 1.807) is 6.92 Å². The van der Waals surface area contributed by atoms with Gasteiger partial charge in [0, 0.05) is 0 Å². The first-order chi connectivity index (χ1) is 8.01. The van der Waals surface area contributed by atoms with Crippen molar-refractivity contribution in [3.05, 3.63) is 29.3 Å². The number of amides is 1. The maximum atomic E-state index is 13.5. The van der Waals surface area contributed by atoms with Crippen molar-refractivity contribution in [2.45, 2.75) is 19.4 Å². The van der Waals surface area contributed by atoms with Crippen LogP contribution >= 0.6 is 0 Å².